The van der Waals surface area contributed by atoms with Gasteiger partial charge in [0.25, 0.3) is 5.69 Å². The van der Waals surface area contributed by atoms with Crippen molar-refractivity contribution in [2.75, 3.05) is 26.4 Å². The summed E-state index contributed by atoms with van der Waals surface area (Å²) in [5, 5.41) is 11.4. The molecule has 0 spiro atoms. The maximum atomic E-state index is 10.6. The van der Waals surface area contributed by atoms with E-state index in [4.69, 9.17) is 0 Å². The van der Waals surface area contributed by atoms with E-state index in [1.807, 2.05) is 14.1 Å². The lowest BCUT2D eigenvalue weighted by molar-refractivity contribution is -0.385. The molecule has 0 unspecified atom stereocenters. The first kappa shape index (κ1) is 12.9. The van der Waals surface area contributed by atoms with Crippen LogP contribution in [0.4, 0.5) is 5.69 Å². The summed E-state index contributed by atoms with van der Waals surface area (Å²) >= 11 is 1.61. The van der Waals surface area contributed by atoms with E-state index in [1.165, 1.54) is 6.07 Å². The monoisotopic (exact) mass is 241 g/mol. The Balaban J connectivity index is 2.63. The smallest absolute Gasteiger partial charge is 0.290 e. The summed E-state index contributed by atoms with van der Waals surface area (Å²) in [6.45, 7) is 2.62. The Kier molecular flexibility index (Phi) is 4.70. The lowest BCUT2D eigenvalue weighted by Gasteiger charge is -2.08. The molecule has 1 heterocycles. The lowest BCUT2D eigenvalue weighted by Crippen LogP contribution is -2.14. The molecule has 1 aromatic rings. The molecule has 5 nitrogen and oxygen atoms in total. The quantitative estimate of drug-likeness (QED) is 0.448. The van der Waals surface area contributed by atoms with Crippen molar-refractivity contribution in [3.63, 3.8) is 0 Å². The third-order valence-corrected chi connectivity index (χ3v) is 2.93. The molecule has 88 valence electrons. The van der Waals surface area contributed by atoms with Crippen molar-refractivity contribution in [1.82, 2.24) is 9.88 Å². The second-order valence-corrected chi connectivity index (χ2v) is 4.78. The molecule has 6 heteroatoms. The Morgan fingerprint density at radius 1 is 1.50 bits per heavy atom. The molecule has 0 saturated carbocycles. The summed E-state index contributed by atoms with van der Waals surface area (Å²) in [5.41, 5.74) is 0.553. The molecule has 0 aromatic carbocycles. The number of hydrogen-bond donors (Lipinski definition) is 0. The van der Waals surface area contributed by atoms with Crippen LogP contribution in [0.5, 0.6) is 0 Å². The number of pyridine rings is 1. The van der Waals surface area contributed by atoms with Gasteiger partial charge in [-0.25, -0.2) is 4.98 Å². The van der Waals surface area contributed by atoms with E-state index in [0.717, 1.165) is 17.3 Å². The van der Waals surface area contributed by atoms with Crippen LogP contribution in [0.15, 0.2) is 17.2 Å². The average Bonchev–Trinajstić information content (AvgIpc) is 2.16. The van der Waals surface area contributed by atoms with E-state index >= 15 is 0 Å². The van der Waals surface area contributed by atoms with Crippen LogP contribution in [-0.4, -0.2) is 41.2 Å². The van der Waals surface area contributed by atoms with Crippen LogP contribution < -0.4 is 0 Å². The van der Waals surface area contributed by atoms with Crippen molar-refractivity contribution >= 4 is 17.4 Å². The summed E-state index contributed by atoms with van der Waals surface area (Å²) in [6, 6.07) is 3.21. The molecule has 0 atom stereocenters. The van der Waals surface area contributed by atoms with Gasteiger partial charge in [-0.3, -0.25) is 10.1 Å². The highest BCUT2D eigenvalue weighted by Gasteiger charge is 2.11. The minimum Gasteiger partial charge on any atom is -0.309 e. The molecule has 1 rings (SSSR count). The second kappa shape index (κ2) is 5.81. The van der Waals surface area contributed by atoms with Gasteiger partial charge in [0, 0.05) is 18.4 Å². The normalized spacial score (nSPS) is 10.8. The molecular weight excluding hydrogens is 226 g/mol. The first-order chi connectivity index (χ1) is 7.50. The van der Waals surface area contributed by atoms with Gasteiger partial charge in [-0.15, -0.1) is 11.8 Å². The van der Waals surface area contributed by atoms with Crippen LogP contribution in [0.3, 0.4) is 0 Å². The molecule has 16 heavy (non-hydrogen) atoms. The van der Waals surface area contributed by atoms with Gasteiger partial charge >= 0.3 is 0 Å². The number of rotatable bonds is 5. The summed E-state index contributed by atoms with van der Waals surface area (Å²) in [6.07, 6.45) is 0. The zero-order chi connectivity index (χ0) is 12.1. The van der Waals surface area contributed by atoms with Crippen LogP contribution in [0.2, 0.25) is 0 Å². The number of aromatic nitrogens is 1. The minimum absolute atomic E-state index is 0.0805. The number of nitro groups is 1. The van der Waals surface area contributed by atoms with Gasteiger partial charge in [-0.05, 0) is 27.1 Å². The Morgan fingerprint density at radius 3 is 2.69 bits per heavy atom. The lowest BCUT2D eigenvalue weighted by atomic mass is 10.3. The predicted molar refractivity (Wildman–Crippen MR) is 64.9 cm³/mol. The molecule has 0 aliphatic carbocycles. The van der Waals surface area contributed by atoms with Gasteiger partial charge in [0.1, 0.15) is 5.69 Å². The van der Waals surface area contributed by atoms with E-state index in [2.05, 4.69) is 9.88 Å². The third kappa shape index (κ3) is 3.79. The zero-order valence-corrected chi connectivity index (χ0v) is 10.5. The van der Waals surface area contributed by atoms with E-state index in [1.54, 1.807) is 24.8 Å². The van der Waals surface area contributed by atoms with Crippen LogP contribution in [-0.2, 0) is 0 Å². The highest BCUT2D eigenvalue weighted by molar-refractivity contribution is 7.99. The Labute approximate surface area is 99.0 Å². The molecule has 0 bridgehead atoms. The van der Waals surface area contributed by atoms with Gasteiger partial charge in [-0.1, -0.05) is 0 Å². The Bertz CT molecular complexity index is 382. The molecule has 0 aliphatic rings. The van der Waals surface area contributed by atoms with E-state index in [-0.39, 0.29) is 5.69 Å². The summed E-state index contributed by atoms with van der Waals surface area (Å²) in [4.78, 5) is 16.5. The van der Waals surface area contributed by atoms with E-state index < -0.39 is 4.92 Å². The largest absolute Gasteiger partial charge is 0.309 e. The fourth-order valence-electron chi connectivity index (χ4n) is 1.14. The van der Waals surface area contributed by atoms with Gasteiger partial charge in [0.05, 0.1) is 9.95 Å². The number of nitrogens with zero attached hydrogens (tertiary/aromatic N) is 3. The summed E-state index contributed by atoms with van der Waals surface area (Å²) in [7, 11) is 4.02. The summed E-state index contributed by atoms with van der Waals surface area (Å²) in [5.74, 6) is 0.928. The highest BCUT2D eigenvalue weighted by Crippen LogP contribution is 2.21. The molecule has 0 radical (unpaired) electrons. The molecule has 0 N–H and O–H groups in total. The van der Waals surface area contributed by atoms with Gasteiger partial charge < -0.3 is 4.90 Å². The topological polar surface area (TPSA) is 59.3 Å². The predicted octanol–water partition coefficient (Wildman–Crippen LogP) is 1.95. The van der Waals surface area contributed by atoms with Crippen molar-refractivity contribution in [3.8, 4) is 0 Å². The highest BCUT2D eigenvalue weighted by atomic mass is 32.2. The number of hydrogen-bond acceptors (Lipinski definition) is 5. The summed E-state index contributed by atoms with van der Waals surface area (Å²) < 4.78 is 0. The van der Waals surface area contributed by atoms with Crippen molar-refractivity contribution in [3.05, 3.63) is 27.9 Å². The first-order valence-corrected chi connectivity index (χ1v) is 5.89. The SMILES string of the molecule is Cc1nc(SCCN(C)C)ccc1[N+](=O)[O-]. The van der Waals surface area contributed by atoms with Crippen LogP contribution in [0.25, 0.3) is 0 Å². The maximum absolute atomic E-state index is 10.6. The molecule has 1 aromatic heterocycles. The van der Waals surface area contributed by atoms with Crippen molar-refractivity contribution in [2.24, 2.45) is 0 Å². The first-order valence-electron chi connectivity index (χ1n) is 4.90. The van der Waals surface area contributed by atoms with Gasteiger partial charge in [-0.2, -0.15) is 0 Å². The maximum Gasteiger partial charge on any atom is 0.290 e. The number of aryl methyl sites for hydroxylation is 1. The van der Waals surface area contributed by atoms with Crippen LogP contribution >= 0.6 is 11.8 Å². The Hall–Kier alpha value is -1.14. The van der Waals surface area contributed by atoms with Crippen LogP contribution in [0.1, 0.15) is 5.69 Å². The molecule has 0 fully saturated rings. The number of thioether (sulfide) groups is 1. The molecule has 0 amide bonds. The van der Waals surface area contributed by atoms with E-state index in [9.17, 15) is 10.1 Å². The fourth-order valence-corrected chi connectivity index (χ4v) is 2.17. The van der Waals surface area contributed by atoms with Crippen molar-refractivity contribution < 1.29 is 4.92 Å². The van der Waals surface area contributed by atoms with E-state index in [0.29, 0.717) is 5.69 Å². The van der Waals surface area contributed by atoms with Gasteiger partial charge in [0.2, 0.25) is 0 Å². The molecular formula is C10H15N3O2S. The molecule has 0 saturated heterocycles. The standard InChI is InChI=1S/C10H15N3O2S/c1-8-9(13(14)15)4-5-10(11-8)16-7-6-12(2)3/h4-5H,6-7H2,1-3H3. The zero-order valence-electron chi connectivity index (χ0n) is 9.64. The fraction of sp³-hybridized carbons (Fsp3) is 0.500. The van der Waals surface area contributed by atoms with Crippen molar-refractivity contribution in [1.29, 1.82) is 0 Å². The minimum atomic E-state index is -0.406. The third-order valence-electron chi connectivity index (χ3n) is 2.02. The Morgan fingerprint density at radius 2 is 2.19 bits per heavy atom. The van der Waals surface area contributed by atoms with Crippen molar-refractivity contribution in [2.45, 2.75) is 11.9 Å². The average molecular weight is 241 g/mol. The second-order valence-electron chi connectivity index (χ2n) is 3.66. The van der Waals surface area contributed by atoms with Gasteiger partial charge in [0.15, 0.2) is 0 Å². The van der Waals surface area contributed by atoms with Crippen LogP contribution in [0, 0.1) is 17.0 Å². The molecule has 0 aliphatic heterocycles.